The molecular formula is C22H20N2O2. The summed E-state index contributed by atoms with van der Waals surface area (Å²) in [5.41, 5.74) is 2.93. The summed E-state index contributed by atoms with van der Waals surface area (Å²) in [6.45, 7) is 3.06. The van der Waals surface area contributed by atoms with Gasteiger partial charge in [-0.05, 0) is 36.1 Å². The second-order valence-electron chi connectivity index (χ2n) is 6.36. The molecule has 0 N–H and O–H groups in total. The lowest BCUT2D eigenvalue weighted by molar-refractivity contribution is 0.356. The first kappa shape index (κ1) is 16.3. The summed E-state index contributed by atoms with van der Waals surface area (Å²) in [5, 5.41) is 14.0. The fraction of sp³-hybridized carbons (Fsp3) is 0.227. The Kier molecular flexibility index (Phi) is 3.93. The molecule has 130 valence electrons. The van der Waals surface area contributed by atoms with Gasteiger partial charge in [-0.15, -0.1) is 0 Å². The van der Waals surface area contributed by atoms with Crippen LogP contribution in [0.3, 0.4) is 0 Å². The molecule has 4 nitrogen and oxygen atoms in total. The van der Waals surface area contributed by atoms with Crippen molar-refractivity contribution in [1.82, 2.24) is 4.57 Å². The molecule has 4 heteroatoms. The van der Waals surface area contributed by atoms with Crippen molar-refractivity contribution >= 4 is 32.6 Å². The predicted molar refractivity (Wildman–Crippen MR) is 105 cm³/mol. The summed E-state index contributed by atoms with van der Waals surface area (Å²) in [6, 6.07) is 16.6. The Morgan fingerprint density at radius 2 is 1.73 bits per heavy atom. The van der Waals surface area contributed by atoms with Crippen LogP contribution in [0.15, 0.2) is 42.5 Å². The van der Waals surface area contributed by atoms with Crippen LogP contribution in [0.2, 0.25) is 0 Å². The Bertz CT molecular complexity index is 1180. The van der Waals surface area contributed by atoms with Crippen LogP contribution in [-0.2, 0) is 6.54 Å². The maximum atomic E-state index is 9.81. The summed E-state index contributed by atoms with van der Waals surface area (Å²) in [6.07, 6.45) is 1.01. The van der Waals surface area contributed by atoms with E-state index >= 15 is 0 Å². The standard InChI is InChI=1S/C22H20N2O2/c1-4-9-24-18-8-6-5-7-16(18)21-15(13-23)10-14-11-19(25-2)20(26-3)12-17(14)22(21)24/h5-8,10-12H,4,9H2,1-3H3. The van der Waals surface area contributed by atoms with Gasteiger partial charge in [-0.1, -0.05) is 25.1 Å². The van der Waals surface area contributed by atoms with Gasteiger partial charge in [-0.3, -0.25) is 0 Å². The molecule has 26 heavy (non-hydrogen) atoms. The van der Waals surface area contributed by atoms with E-state index in [1.165, 1.54) is 0 Å². The number of nitrogens with zero attached hydrogens (tertiary/aromatic N) is 2. The maximum absolute atomic E-state index is 9.81. The van der Waals surface area contributed by atoms with Crippen LogP contribution in [0.5, 0.6) is 11.5 Å². The third kappa shape index (κ3) is 2.21. The normalized spacial score (nSPS) is 11.2. The number of rotatable bonds is 4. The molecule has 0 bridgehead atoms. The molecule has 3 aromatic carbocycles. The Labute approximate surface area is 152 Å². The van der Waals surface area contributed by atoms with Crippen molar-refractivity contribution in [2.45, 2.75) is 19.9 Å². The smallest absolute Gasteiger partial charge is 0.161 e. The minimum absolute atomic E-state index is 0.668. The van der Waals surface area contributed by atoms with Crippen LogP contribution >= 0.6 is 0 Å². The number of aryl methyl sites for hydroxylation is 1. The van der Waals surface area contributed by atoms with Gasteiger partial charge in [-0.25, -0.2) is 0 Å². The summed E-state index contributed by atoms with van der Waals surface area (Å²) in [7, 11) is 3.27. The van der Waals surface area contributed by atoms with E-state index in [4.69, 9.17) is 9.47 Å². The number of nitriles is 1. The van der Waals surface area contributed by atoms with Crippen LogP contribution in [0.1, 0.15) is 18.9 Å². The van der Waals surface area contributed by atoms with Gasteiger partial charge in [0.1, 0.15) is 0 Å². The van der Waals surface area contributed by atoms with E-state index in [9.17, 15) is 5.26 Å². The highest BCUT2D eigenvalue weighted by Gasteiger charge is 2.18. The predicted octanol–water partition coefficient (Wildman–Crippen LogP) is 5.25. The van der Waals surface area contributed by atoms with Gasteiger partial charge in [0.15, 0.2) is 11.5 Å². The molecule has 1 heterocycles. The Morgan fingerprint density at radius 3 is 2.42 bits per heavy atom. The van der Waals surface area contributed by atoms with Gasteiger partial charge in [0.05, 0.1) is 31.4 Å². The molecule has 0 aliphatic heterocycles. The lowest BCUT2D eigenvalue weighted by Crippen LogP contribution is -1.98. The van der Waals surface area contributed by atoms with Gasteiger partial charge >= 0.3 is 0 Å². The van der Waals surface area contributed by atoms with Crippen LogP contribution in [0.4, 0.5) is 0 Å². The van der Waals surface area contributed by atoms with E-state index in [2.05, 4.69) is 29.7 Å². The van der Waals surface area contributed by atoms with Crippen LogP contribution in [0.25, 0.3) is 32.6 Å². The first-order valence-electron chi connectivity index (χ1n) is 8.73. The van der Waals surface area contributed by atoms with Gasteiger partial charge in [0.2, 0.25) is 0 Å². The maximum Gasteiger partial charge on any atom is 0.161 e. The van der Waals surface area contributed by atoms with Crippen molar-refractivity contribution in [2.24, 2.45) is 0 Å². The highest BCUT2D eigenvalue weighted by molar-refractivity contribution is 6.20. The van der Waals surface area contributed by atoms with Gasteiger partial charge in [-0.2, -0.15) is 5.26 Å². The molecule has 0 saturated carbocycles. The Hall–Kier alpha value is -3.19. The summed E-state index contributed by atoms with van der Waals surface area (Å²) >= 11 is 0. The van der Waals surface area contributed by atoms with E-state index in [0.29, 0.717) is 17.1 Å². The second kappa shape index (κ2) is 6.27. The molecule has 0 aliphatic carbocycles. The quantitative estimate of drug-likeness (QED) is 0.508. The number of methoxy groups -OCH3 is 2. The number of benzene rings is 3. The van der Waals surface area contributed by atoms with E-state index in [1.807, 2.05) is 30.3 Å². The molecule has 0 saturated heterocycles. The lowest BCUT2D eigenvalue weighted by Gasteiger charge is -2.13. The summed E-state index contributed by atoms with van der Waals surface area (Å²) < 4.78 is 13.3. The molecule has 0 aliphatic rings. The average molecular weight is 344 g/mol. The lowest BCUT2D eigenvalue weighted by atomic mass is 10.00. The monoisotopic (exact) mass is 344 g/mol. The van der Waals surface area contributed by atoms with Crippen molar-refractivity contribution in [1.29, 1.82) is 5.26 Å². The fourth-order valence-electron chi connectivity index (χ4n) is 3.85. The van der Waals surface area contributed by atoms with Crippen molar-refractivity contribution in [2.75, 3.05) is 14.2 Å². The number of ether oxygens (including phenoxy) is 2. The number of fused-ring (bicyclic) bond motifs is 5. The van der Waals surface area contributed by atoms with E-state index in [0.717, 1.165) is 45.5 Å². The zero-order valence-corrected chi connectivity index (χ0v) is 15.2. The molecule has 0 fully saturated rings. The van der Waals surface area contributed by atoms with Crippen molar-refractivity contribution in [3.63, 3.8) is 0 Å². The molecule has 0 radical (unpaired) electrons. The Morgan fingerprint density at radius 1 is 1.00 bits per heavy atom. The largest absolute Gasteiger partial charge is 0.493 e. The topological polar surface area (TPSA) is 47.2 Å². The number of hydrogen-bond acceptors (Lipinski definition) is 3. The van der Waals surface area contributed by atoms with Crippen molar-refractivity contribution in [3.8, 4) is 17.6 Å². The highest BCUT2D eigenvalue weighted by atomic mass is 16.5. The highest BCUT2D eigenvalue weighted by Crippen LogP contribution is 2.40. The Balaban J connectivity index is 2.29. The molecular weight excluding hydrogens is 324 g/mol. The first-order chi connectivity index (χ1) is 12.7. The third-order valence-corrected chi connectivity index (χ3v) is 4.92. The second-order valence-corrected chi connectivity index (χ2v) is 6.36. The zero-order chi connectivity index (χ0) is 18.3. The minimum Gasteiger partial charge on any atom is -0.493 e. The van der Waals surface area contributed by atoms with E-state index in [1.54, 1.807) is 14.2 Å². The van der Waals surface area contributed by atoms with Crippen LogP contribution in [0, 0.1) is 11.3 Å². The third-order valence-electron chi connectivity index (χ3n) is 4.92. The molecule has 0 atom stereocenters. The first-order valence-corrected chi connectivity index (χ1v) is 8.73. The van der Waals surface area contributed by atoms with Gasteiger partial charge in [0, 0.05) is 28.2 Å². The van der Waals surface area contributed by atoms with Crippen LogP contribution in [-0.4, -0.2) is 18.8 Å². The van der Waals surface area contributed by atoms with Crippen molar-refractivity contribution in [3.05, 3.63) is 48.0 Å². The SMILES string of the molecule is CCCn1c2ccccc2c2c(C#N)cc3cc(OC)c(OC)cc3c21. The van der Waals surface area contributed by atoms with Gasteiger partial charge in [0.25, 0.3) is 0 Å². The number of para-hydroxylation sites is 1. The number of hydrogen-bond donors (Lipinski definition) is 0. The van der Waals surface area contributed by atoms with Gasteiger partial charge < -0.3 is 14.0 Å². The minimum atomic E-state index is 0.668. The molecule has 0 unspecified atom stereocenters. The zero-order valence-electron chi connectivity index (χ0n) is 15.2. The summed E-state index contributed by atoms with van der Waals surface area (Å²) in [4.78, 5) is 0. The molecule has 0 amide bonds. The van der Waals surface area contributed by atoms with E-state index < -0.39 is 0 Å². The molecule has 1 aromatic heterocycles. The summed E-state index contributed by atoms with van der Waals surface area (Å²) in [5.74, 6) is 1.36. The molecule has 0 spiro atoms. The molecule has 4 aromatic rings. The molecule has 4 rings (SSSR count). The fourth-order valence-corrected chi connectivity index (χ4v) is 3.85. The number of aromatic nitrogens is 1. The van der Waals surface area contributed by atoms with Crippen LogP contribution < -0.4 is 9.47 Å². The van der Waals surface area contributed by atoms with E-state index in [-0.39, 0.29) is 0 Å². The average Bonchev–Trinajstić information content (AvgIpc) is 3.01. The van der Waals surface area contributed by atoms with Crippen molar-refractivity contribution < 1.29 is 9.47 Å².